The first-order chi connectivity index (χ1) is 10.3. The van der Waals surface area contributed by atoms with Gasteiger partial charge in [0.05, 0.1) is 32.5 Å². The predicted molar refractivity (Wildman–Crippen MR) is 82.6 cm³/mol. The van der Waals surface area contributed by atoms with Crippen LogP contribution in [0.5, 0.6) is 5.75 Å². The molecule has 0 saturated heterocycles. The normalized spacial score (nSPS) is 12.3. The molecular formula is C16H27NO4. The van der Waals surface area contributed by atoms with Crippen molar-refractivity contribution in [2.75, 3.05) is 39.6 Å². The summed E-state index contributed by atoms with van der Waals surface area (Å²) in [6.45, 7) is 7.85. The topological polar surface area (TPSA) is 60.0 Å². The Kier molecular flexibility index (Phi) is 9.82. The second-order valence-corrected chi connectivity index (χ2v) is 4.64. The van der Waals surface area contributed by atoms with Crippen LogP contribution in [0.3, 0.4) is 0 Å². The van der Waals surface area contributed by atoms with Crippen LogP contribution >= 0.6 is 0 Å². The van der Waals surface area contributed by atoms with Crippen molar-refractivity contribution in [1.29, 1.82) is 0 Å². The molecule has 0 spiro atoms. The fraction of sp³-hybridized carbons (Fsp3) is 0.625. The van der Waals surface area contributed by atoms with E-state index in [4.69, 9.17) is 14.2 Å². The molecule has 120 valence electrons. The van der Waals surface area contributed by atoms with Gasteiger partial charge in [0.1, 0.15) is 5.75 Å². The summed E-state index contributed by atoms with van der Waals surface area (Å²) in [4.78, 5) is 0. The lowest BCUT2D eigenvalue weighted by molar-refractivity contribution is 0.00642. The van der Waals surface area contributed by atoms with Gasteiger partial charge in [-0.15, -0.1) is 0 Å². The molecule has 0 aliphatic carbocycles. The molecule has 1 rings (SSSR count). The van der Waals surface area contributed by atoms with E-state index in [1.165, 1.54) is 0 Å². The third-order valence-corrected chi connectivity index (χ3v) is 2.80. The van der Waals surface area contributed by atoms with Gasteiger partial charge < -0.3 is 24.6 Å². The monoisotopic (exact) mass is 297 g/mol. The van der Waals surface area contributed by atoms with Gasteiger partial charge >= 0.3 is 0 Å². The number of nitrogens with one attached hydrogen (secondary N) is 1. The Morgan fingerprint density at radius 2 is 1.95 bits per heavy atom. The number of benzene rings is 1. The Hall–Kier alpha value is -1.14. The standard InChI is InChI=1S/C16H27NO4/c1-3-19-8-9-20-13-15(18)12-17-11-14-6-5-7-16(10-14)21-4-2/h5-7,10,15,17-18H,3-4,8-9,11-13H2,1-2H3. The fourth-order valence-corrected chi connectivity index (χ4v) is 1.84. The summed E-state index contributed by atoms with van der Waals surface area (Å²) >= 11 is 0. The van der Waals surface area contributed by atoms with Crippen molar-refractivity contribution in [3.8, 4) is 5.75 Å². The Morgan fingerprint density at radius 1 is 1.14 bits per heavy atom. The van der Waals surface area contributed by atoms with E-state index in [-0.39, 0.29) is 0 Å². The van der Waals surface area contributed by atoms with Gasteiger partial charge in [-0.05, 0) is 31.5 Å². The van der Waals surface area contributed by atoms with Gasteiger partial charge in [0.15, 0.2) is 0 Å². The van der Waals surface area contributed by atoms with Crippen LogP contribution in [-0.2, 0) is 16.0 Å². The molecule has 0 aromatic heterocycles. The number of aliphatic hydroxyl groups is 1. The third kappa shape index (κ3) is 8.67. The van der Waals surface area contributed by atoms with E-state index < -0.39 is 6.10 Å². The van der Waals surface area contributed by atoms with Crippen LogP contribution in [-0.4, -0.2) is 50.8 Å². The van der Waals surface area contributed by atoms with E-state index >= 15 is 0 Å². The van der Waals surface area contributed by atoms with Gasteiger partial charge in [-0.25, -0.2) is 0 Å². The van der Waals surface area contributed by atoms with Crippen LogP contribution in [0.25, 0.3) is 0 Å². The maximum atomic E-state index is 9.77. The maximum absolute atomic E-state index is 9.77. The minimum absolute atomic E-state index is 0.319. The molecule has 0 saturated carbocycles. The molecular weight excluding hydrogens is 270 g/mol. The Bertz CT molecular complexity index is 373. The highest BCUT2D eigenvalue weighted by Crippen LogP contribution is 2.12. The molecule has 5 heteroatoms. The molecule has 0 fully saturated rings. The first-order valence-corrected chi connectivity index (χ1v) is 7.52. The van der Waals surface area contributed by atoms with Crippen molar-refractivity contribution in [3.63, 3.8) is 0 Å². The van der Waals surface area contributed by atoms with Crippen molar-refractivity contribution in [1.82, 2.24) is 5.32 Å². The van der Waals surface area contributed by atoms with Crippen LogP contribution in [0.1, 0.15) is 19.4 Å². The molecule has 1 atom stereocenters. The van der Waals surface area contributed by atoms with Crippen molar-refractivity contribution < 1.29 is 19.3 Å². The van der Waals surface area contributed by atoms with Crippen LogP contribution in [0.2, 0.25) is 0 Å². The summed E-state index contributed by atoms with van der Waals surface area (Å²) < 4.78 is 15.9. The SMILES string of the molecule is CCOCCOCC(O)CNCc1cccc(OCC)c1. The summed E-state index contributed by atoms with van der Waals surface area (Å²) in [5.41, 5.74) is 1.13. The number of aliphatic hydroxyl groups excluding tert-OH is 1. The quantitative estimate of drug-likeness (QED) is 0.574. The highest BCUT2D eigenvalue weighted by Gasteiger charge is 2.04. The maximum Gasteiger partial charge on any atom is 0.119 e. The Balaban J connectivity index is 2.13. The zero-order valence-corrected chi connectivity index (χ0v) is 13.0. The molecule has 0 amide bonds. The highest BCUT2D eigenvalue weighted by molar-refractivity contribution is 5.28. The van der Waals surface area contributed by atoms with Crippen LogP contribution in [0.15, 0.2) is 24.3 Å². The summed E-state index contributed by atoms with van der Waals surface area (Å²) in [5, 5.41) is 13.0. The second-order valence-electron chi connectivity index (χ2n) is 4.64. The fourth-order valence-electron chi connectivity index (χ4n) is 1.84. The summed E-state index contributed by atoms with van der Waals surface area (Å²) in [5.74, 6) is 0.872. The molecule has 0 bridgehead atoms. The summed E-state index contributed by atoms with van der Waals surface area (Å²) in [6.07, 6.45) is -0.512. The molecule has 2 N–H and O–H groups in total. The largest absolute Gasteiger partial charge is 0.494 e. The van der Waals surface area contributed by atoms with Gasteiger partial charge in [-0.2, -0.15) is 0 Å². The molecule has 0 radical (unpaired) electrons. The minimum atomic E-state index is -0.512. The van der Waals surface area contributed by atoms with E-state index in [9.17, 15) is 5.11 Å². The predicted octanol–water partition coefficient (Wildman–Crippen LogP) is 1.59. The second kappa shape index (κ2) is 11.5. The molecule has 21 heavy (non-hydrogen) atoms. The molecule has 5 nitrogen and oxygen atoms in total. The third-order valence-electron chi connectivity index (χ3n) is 2.80. The van der Waals surface area contributed by atoms with E-state index in [2.05, 4.69) is 5.32 Å². The average Bonchev–Trinajstić information content (AvgIpc) is 2.48. The van der Waals surface area contributed by atoms with E-state index in [1.807, 2.05) is 38.1 Å². The Labute approximate surface area is 127 Å². The first-order valence-electron chi connectivity index (χ1n) is 7.52. The van der Waals surface area contributed by atoms with Crippen molar-refractivity contribution >= 4 is 0 Å². The Morgan fingerprint density at radius 3 is 2.71 bits per heavy atom. The number of rotatable bonds is 12. The summed E-state index contributed by atoms with van der Waals surface area (Å²) in [7, 11) is 0. The van der Waals surface area contributed by atoms with Crippen LogP contribution in [0.4, 0.5) is 0 Å². The first kappa shape index (κ1) is 17.9. The highest BCUT2D eigenvalue weighted by atomic mass is 16.5. The van der Waals surface area contributed by atoms with Crippen LogP contribution < -0.4 is 10.1 Å². The van der Waals surface area contributed by atoms with Gasteiger partial charge in [-0.3, -0.25) is 0 Å². The van der Waals surface area contributed by atoms with Gasteiger partial charge in [-0.1, -0.05) is 12.1 Å². The number of hydrogen-bond donors (Lipinski definition) is 2. The molecule has 0 heterocycles. The van der Waals surface area contributed by atoms with Crippen molar-refractivity contribution in [2.45, 2.75) is 26.5 Å². The molecule has 0 aliphatic heterocycles. The van der Waals surface area contributed by atoms with Gasteiger partial charge in [0.25, 0.3) is 0 Å². The lowest BCUT2D eigenvalue weighted by Crippen LogP contribution is -2.30. The lowest BCUT2D eigenvalue weighted by Gasteiger charge is -2.13. The van der Waals surface area contributed by atoms with Gasteiger partial charge in [0, 0.05) is 19.7 Å². The lowest BCUT2D eigenvalue weighted by atomic mass is 10.2. The smallest absolute Gasteiger partial charge is 0.119 e. The average molecular weight is 297 g/mol. The van der Waals surface area contributed by atoms with Gasteiger partial charge in [0.2, 0.25) is 0 Å². The zero-order valence-electron chi connectivity index (χ0n) is 13.0. The molecule has 1 aromatic rings. The minimum Gasteiger partial charge on any atom is -0.494 e. The molecule has 0 aliphatic rings. The summed E-state index contributed by atoms with van der Waals surface area (Å²) in [6, 6.07) is 7.94. The molecule has 1 aromatic carbocycles. The zero-order chi connectivity index (χ0) is 15.3. The molecule has 1 unspecified atom stereocenters. The van der Waals surface area contributed by atoms with Crippen molar-refractivity contribution in [2.24, 2.45) is 0 Å². The number of hydrogen-bond acceptors (Lipinski definition) is 5. The van der Waals surface area contributed by atoms with E-state index in [1.54, 1.807) is 0 Å². The van der Waals surface area contributed by atoms with E-state index in [0.29, 0.717) is 46.1 Å². The van der Waals surface area contributed by atoms with Crippen LogP contribution in [0, 0.1) is 0 Å². The van der Waals surface area contributed by atoms with E-state index in [0.717, 1.165) is 11.3 Å². The number of ether oxygens (including phenoxy) is 3. The van der Waals surface area contributed by atoms with Crippen molar-refractivity contribution in [3.05, 3.63) is 29.8 Å².